The Hall–Kier alpha value is -3.76. The highest BCUT2D eigenvalue weighted by molar-refractivity contribution is 7.90. The zero-order chi connectivity index (χ0) is 29.4. The van der Waals surface area contributed by atoms with Gasteiger partial charge in [0.1, 0.15) is 11.6 Å². The fourth-order valence-electron chi connectivity index (χ4n) is 4.74. The molecule has 0 unspecified atom stereocenters. The number of ether oxygens (including phenoxy) is 1. The number of hydrogen-bond donors (Lipinski definition) is 2. The Morgan fingerprint density at radius 2 is 1.60 bits per heavy atom. The Balaban J connectivity index is 1.92. The van der Waals surface area contributed by atoms with Gasteiger partial charge in [0.05, 0.1) is 13.2 Å². The van der Waals surface area contributed by atoms with Gasteiger partial charge in [-0.05, 0) is 74.6 Å². The van der Waals surface area contributed by atoms with Gasteiger partial charge in [0.15, 0.2) is 5.03 Å². The van der Waals surface area contributed by atoms with Gasteiger partial charge in [-0.2, -0.15) is 8.42 Å². The number of carbonyl (C=O) groups excluding carboxylic acids is 2. The van der Waals surface area contributed by atoms with Crippen LogP contribution < -0.4 is 14.8 Å². The van der Waals surface area contributed by atoms with E-state index in [0.717, 1.165) is 45.6 Å². The van der Waals surface area contributed by atoms with Crippen LogP contribution in [0.25, 0.3) is 0 Å². The number of aromatic nitrogens is 1. The number of benzene rings is 2. The molecule has 0 aliphatic carbocycles. The highest BCUT2D eigenvalue weighted by Crippen LogP contribution is 2.27. The summed E-state index contributed by atoms with van der Waals surface area (Å²) in [6.07, 6.45) is 0.781. The number of amides is 2. The third kappa shape index (κ3) is 8.12. The van der Waals surface area contributed by atoms with Crippen LogP contribution in [0.2, 0.25) is 0 Å². The molecular weight excluding hydrogens is 528 g/mol. The summed E-state index contributed by atoms with van der Waals surface area (Å²) in [5, 5.41) is 2.09. The lowest BCUT2D eigenvalue weighted by molar-refractivity contribution is -0.120. The summed E-state index contributed by atoms with van der Waals surface area (Å²) in [4.78, 5) is 30.5. The van der Waals surface area contributed by atoms with Gasteiger partial charge in [-0.1, -0.05) is 42.8 Å². The fourth-order valence-corrected chi connectivity index (χ4v) is 5.68. The lowest BCUT2D eigenvalue weighted by Crippen LogP contribution is -2.40. The molecule has 2 amide bonds. The summed E-state index contributed by atoms with van der Waals surface area (Å²) in [5.74, 6) is -0.256. The second-order valence-electron chi connectivity index (χ2n) is 9.77. The number of rotatable bonds is 12. The molecule has 1 heterocycles. The van der Waals surface area contributed by atoms with E-state index in [1.807, 2.05) is 50.8 Å². The molecule has 1 aromatic heterocycles. The topological polar surface area (TPSA) is 118 Å². The van der Waals surface area contributed by atoms with Crippen LogP contribution in [-0.4, -0.2) is 43.3 Å². The zero-order valence-corrected chi connectivity index (χ0v) is 24.8. The second-order valence-corrected chi connectivity index (χ2v) is 11.4. The predicted octanol–water partition coefficient (Wildman–Crippen LogP) is 4.43. The van der Waals surface area contributed by atoms with Gasteiger partial charge in [0, 0.05) is 25.6 Å². The summed E-state index contributed by atoms with van der Waals surface area (Å²) >= 11 is 0. The molecule has 214 valence electrons. The van der Waals surface area contributed by atoms with E-state index >= 15 is 0 Å². The van der Waals surface area contributed by atoms with E-state index in [0.29, 0.717) is 19.7 Å². The molecule has 0 radical (unpaired) electrons. The molecule has 0 saturated heterocycles. The molecule has 10 heteroatoms. The van der Waals surface area contributed by atoms with Crippen LogP contribution in [0.5, 0.6) is 5.75 Å². The third-order valence-corrected chi connectivity index (χ3v) is 7.71. The molecule has 0 fully saturated rings. The molecule has 40 heavy (non-hydrogen) atoms. The molecule has 2 N–H and O–H groups in total. The summed E-state index contributed by atoms with van der Waals surface area (Å²) in [5.41, 5.74) is 6.50. The first-order chi connectivity index (χ1) is 18.9. The Labute approximate surface area is 237 Å². The minimum Gasteiger partial charge on any atom is -0.494 e. The molecule has 0 aliphatic heterocycles. The predicted molar refractivity (Wildman–Crippen MR) is 156 cm³/mol. The number of anilines is 1. The van der Waals surface area contributed by atoms with Gasteiger partial charge in [0.2, 0.25) is 11.8 Å². The largest absolute Gasteiger partial charge is 0.494 e. The van der Waals surface area contributed by atoms with E-state index in [2.05, 4.69) is 34.1 Å². The van der Waals surface area contributed by atoms with Crippen LogP contribution in [0.3, 0.4) is 0 Å². The number of nitrogens with zero attached hydrogens (tertiary/aromatic N) is 2. The monoisotopic (exact) mass is 566 g/mol. The standard InChI is InChI=1S/C30H38N4O5S/c1-7-24-11-9-12-27(39-8-2)26(24)18-34(17-25-21(4)15-20(3)16-22(25)5)19-29(36)33-40(37,38)30-14-10-13-28(32-30)31-23(6)35/h9-16H,7-8,17-19H2,1-6H3,(H,33,36)(H,31,32,35). The summed E-state index contributed by atoms with van der Waals surface area (Å²) in [7, 11) is -4.27. The highest BCUT2D eigenvalue weighted by Gasteiger charge is 2.23. The smallest absolute Gasteiger partial charge is 0.281 e. The van der Waals surface area contributed by atoms with E-state index < -0.39 is 15.9 Å². The maximum absolute atomic E-state index is 13.2. The highest BCUT2D eigenvalue weighted by atomic mass is 32.2. The van der Waals surface area contributed by atoms with Gasteiger partial charge < -0.3 is 10.1 Å². The average molecular weight is 567 g/mol. The molecule has 2 aromatic carbocycles. The van der Waals surface area contributed by atoms with Crippen LogP contribution in [0.4, 0.5) is 5.82 Å². The zero-order valence-electron chi connectivity index (χ0n) is 24.0. The Bertz CT molecular complexity index is 1460. The number of carbonyl (C=O) groups is 2. The molecular formula is C30H38N4O5S. The fraction of sp³-hybridized carbons (Fsp3) is 0.367. The SMILES string of the molecule is CCOc1cccc(CC)c1CN(CC(=O)NS(=O)(=O)c1cccc(NC(C)=O)n1)Cc1c(C)cc(C)cc1C. The quantitative estimate of drug-likeness (QED) is 0.333. The molecule has 9 nitrogen and oxygen atoms in total. The number of aryl methyl sites for hydroxylation is 4. The maximum Gasteiger partial charge on any atom is 0.281 e. The summed E-state index contributed by atoms with van der Waals surface area (Å²) in [6.45, 7) is 12.5. The minimum atomic E-state index is -4.27. The van der Waals surface area contributed by atoms with Crippen LogP contribution in [-0.2, 0) is 39.1 Å². The number of pyridine rings is 1. The molecule has 0 saturated carbocycles. The summed E-state index contributed by atoms with van der Waals surface area (Å²) < 4.78 is 34.1. The van der Waals surface area contributed by atoms with Gasteiger partial charge in [-0.15, -0.1) is 0 Å². The normalized spacial score (nSPS) is 11.4. The van der Waals surface area contributed by atoms with Crippen molar-refractivity contribution in [2.24, 2.45) is 0 Å². The lowest BCUT2D eigenvalue weighted by atomic mass is 9.98. The molecule has 0 aliphatic rings. The second kappa shape index (κ2) is 13.5. The van der Waals surface area contributed by atoms with E-state index in [4.69, 9.17) is 4.74 Å². The first-order valence-corrected chi connectivity index (χ1v) is 14.7. The first-order valence-electron chi connectivity index (χ1n) is 13.3. The maximum atomic E-state index is 13.2. The van der Waals surface area contributed by atoms with Crippen LogP contribution in [0.1, 0.15) is 54.2 Å². The number of nitrogens with one attached hydrogen (secondary N) is 2. The van der Waals surface area contributed by atoms with Crippen LogP contribution in [0, 0.1) is 20.8 Å². The molecule has 3 rings (SSSR count). The van der Waals surface area contributed by atoms with Crippen LogP contribution >= 0.6 is 0 Å². The van der Waals surface area contributed by atoms with Gasteiger partial charge in [-0.3, -0.25) is 14.5 Å². The molecule has 0 bridgehead atoms. The van der Waals surface area contributed by atoms with E-state index in [-0.39, 0.29) is 23.3 Å². The lowest BCUT2D eigenvalue weighted by Gasteiger charge is -2.26. The number of sulfonamides is 1. The minimum absolute atomic E-state index is 0.0781. The van der Waals surface area contributed by atoms with Crippen LogP contribution in [0.15, 0.2) is 53.6 Å². The van der Waals surface area contributed by atoms with Crippen molar-refractivity contribution in [3.05, 3.63) is 81.9 Å². The van der Waals surface area contributed by atoms with Crippen molar-refractivity contribution in [3.8, 4) is 5.75 Å². The van der Waals surface area contributed by atoms with Crippen molar-refractivity contribution in [1.29, 1.82) is 0 Å². The van der Waals surface area contributed by atoms with E-state index in [1.54, 1.807) is 0 Å². The Morgan fingerprint density at radius 3 is 2.23 bits per heavy atom. The molecule has 0 spiro atoms. The Kier molecular flexibility index (Phi) is 10.4. The third-order valence-electron chi connectivity index (χ3n) is 6.43. The van der Waals surface area contributed by atoms with Gasteiger partial charge >= 0.3 is 0 Å². The summed E-state index contributed by atoms with van der Waals surface area (Å²) in [6, 6.07) is 14.3. The van der Waals surface area contributed by atoms with E-state index in [1.165, 1.54) is 25.1 Å². The average Bonchev–Trinajstić information content (AvgIpc) is 2.86. The van der Waals surface area contributed by atoms with Crippen molar-refractivity contribution in [2.75, 3.05) is 18.5 Å². The van der Waals surface area contributed by atoms with Crippen molar-refractivity contribution in [3.63, 3.8) is 0 Å². The molecule has 3 aromatic rings. The van der Waals surface area contributed by atoms with Crippen molar-refractivity contribution < 1.29 is 22.7 Å². The number of hydrogen-bond acceptors (Lipinski definition) is 7. The Morgan fingerprint density at radius 1 is 0.950 bits per heavy atom. The van der Waals surface area contributed by atoms with Gasteiger partial charge in [0.25, 0.3) is 10.0 Å². The molecule has 0 atom stereocenters. The van der Waals surface area contributed by atoms with E-state index in [9.17, 15) is 18.0 Å². The van der Waals surface area contributed by atoms with Crippen molar-refractivity contribution in [2.45, 2.75) is 66.1 Å². The first kappa shape index (κ1) is 30.8. The van der Waals surface area contributed by atoms with Crippen molar-refractivity contribution >= 4 is 27.7 Å². The van der Waals surface area contributed by atoms with Crippen molar-refractivity contribution in [1.82, 2.24) is 14.6 Å². The van der Waals surface area contributed by atoms with Gasteiger partial charge in [-0.25, -0.2) is 9.71 Å².